The maximum atomic E-state index is 13.2. The number of rotatable bonds is 4. The number of aryl methyl sites for hydroxylation is 1. The fourth-order valence-electron chi connectivity index (χ4n) is 4.92. The Morgan fingerprint density at radius 1 is 1.00 bits per heavy atom. The Kier molecular flexibility index (Phi) is 8.84. The van der Waals surface area contributed by atoms with Crippen molar-refractivity contribution in [2.75, 3.05) is 33.4 Å². The maximum absolute atomic E-state index is 13.2. The van der Waals surface area contributed by atoms with E-state index >= 15 is 0 Å². The molecule has 4 heterocycles. The van der Waals surface area contributed by atoms with E-state index in [4.69, 9.17) is 25.7 Å². The number of hydrogen-bond acceptors (Lipinski definition) is 8. The summed E-state index contributed by atoms with van der Waals surface area (Å²) < 4.78 is 11.5. The number of nitrogens with two attached hydrogens (primary N) is 2. The van der Waals surface area contributed by atoms with Crippen LogP contribution in [0.1, 0.15) is 48.4 Å². The molecule has 12 heteroatoms. The van der Waals surface area contributed by atoms with Crippen LogP contribution in [0.15, 0.2) is 58.6 Å². The van der Waals surface area contributed by atoms with E-state index in [1.165, 1.54) is 7.05 Å². The topological polar surface area (TPSA) is 182 Å². The lowest BCUT2D eigenvalue weighted by Gasteiger charge is -2.36. The first-order valence-corrected chi connectivity index (χ1v) is 13.2. The summed E-state index contributed by atoms with van der Waals surface area (Å²) in [4.78, 5) is 40.9. The summed E-state index contributed by atoms with van der Waals surface area (Å²) in [5.74, 6) is -0.752. The van der Waals surface area contributed by atoms with Gasteiger partial charge in [-0.25, -0.2) is 15.5 Å². The number of carbonyl (C=O) groups is 2. The number of guanidine groups is 1. The van der Waals surface area contributed by atoms with Crippen molar-refractivity contribution in [2.24, 2.45) is 27.0 Å². The molecule has 2 aliphatic rings. The number of pyridine rings is 2. The molecule has 2 amide bonds. The third-order valence-corrected chi connectivity index (χ3v) is 7.06. The highest BCUT2D eigenvalue weighted by molar-refractivity contribution is 5.96. The fraction of sp³-hybridized carbons (Fsp3) is 0.345. The van der Waals surface area contributed by atoms with E-state index < -0.39 is 23.2 Å². The van der Waals surface area contributed by atoms with Crippen LogP contribution < -0.4 is 16.2 Å². The largest absolute Gasteiger partial charge is 0.420 e. The first kappa shape index (κ1) is 29.4. The molecule has 0 radical (unpaired) electrons. The van der Waals surface area contributed by atoms with E-state index in [0.717, 1.165) is 16.8 Å². The third kappa shape index (κ3) is 5.98. The Balaban J connectivity index is 0.00000158. The third-order valence-electron chi connectivity index (χ3n) is 7.06. The van der Waals surface area contributed by atoms with Gasteiger partial charge in [0.25, 0.3) is 11.8 Å². The van der Waals surface area contributed by atoms with Crippen molar-refractivity contribution in [1.82, 2.24) is 14.9 Å². The zero-order valence-electron chi connectivity index (χ0n) is 23.5. The molecule has 1 unspecified atom stereocenters. The molecule has 0 spiro atoms. The van der Waals surface area contributed by atoms with Crippen molar-refractivity contribution < 1.29 is 20.5 Å². The number of aromatic nitrogens is 2. The molecule has 2 aromatic heterocycles. The Labute approximate surface area is 239 Å². The van der Waals surface area contributed by atoms with E-state index in [9.17, 15) is 9.59 Å². The molecule has 5 N–H and O–H groups in total. The second-order valence-electron chi connectivity index (χ2n) is 10.1. The number of carbonyl (C=O) groups excluding carboxylic acids is 2. The molecule has 3 aromatic rings. The van der Waals surface area contributed by atoms with Gasteiger partial charge in [-0.3, -0.25) is 9.59 Å². The molecule has 0 aliphatic carbocycles. The van der Waals surface area contributed by atoms with E-state index in [2.05, 4.69) is 20.8 Å². The lowest BCUT2D eigenvalue weighted by molar-refractivity contribution is -0.126. The minimum atomic E-state index is -1.08. The van der Waals surface area contributed by atoms with Crippen molar-refractivity contribution in [1.29, 1.82) is 5.53 Å². The van der Waals surface area contributed by atoms with Crippen LogP contribution >= 0.6 is 0 Å². The van der Waals surface area contributed by atoms with Gasteiger partial charge in [0, 0.05) is 48.4 Å². The quantitative estimate of drug-likeness (QED) is 0.244. The summed E-state index contributed by atoms with van der Waals surface area (Å²) in [6.07, 6.45) is 0. The molecule has 216 valence electrons. The summed E-state index contributed by atoms with van der Waals surface area (Å²) in [5, 5.41) is 3.05. The van der Waals surface area contributed by atoms with Crippen LogP contribution in [0.2, 0.25) is 0 Å². The van der Waals surface area contributed by atoms with Gasteiger partial charge in [0.1, 0.15) is 0 Å². The highest BCUT2D eigenvalue weighted by Crippen LogP contribution is 2.51. The van der Waals surface area contributed by atoms with Gasteiger partial charge in [0.05, 0.1) is 24.3 Å². The minimum absolute atomic E-state index is 0. The van der Waals surface area contributed by atoms with Gasteiger partial charge in [-0.1, -0.05) is 38.1 Å². The van der Waals surface area contributed by atoms with Crippen molar-refractivity contribution in [2.45, 2.75) is 26.7 Å². The van der Waals surface area contributed by atoms with Crippen molar-refractivity contribution >= 4 is 17.8 Å². The lowest BCUT2D eigenvalue weighted by Crippen LogP contribution is -2.40. The van der Waals surface area contributed by atoms with Crippen molar-refractivity contribution in [3.63, 3.8) is 0 Å². The second-order valence-corrected chi connectivity index (χ2v) is 10.1. The van der Waals surface area contributed by atoms with Crippen LogP contribution in [-0.2, 0) is 9.53 Å². The SMILES string of the molecule is CN.Cc1ccc2c(n1)Oc1nc(-c3ccc(C(=O)N4CCOCC4)cc3)ccc1C2C(C)(C)C(=O)N=C(N)N=N.[HH]. The smallest absolute Gasteiger partial charge is 0.255 e. The highest BCUT2D eigenvalue weighted by atomic mass is 16.5. The number of aliphatic imine (C=N–C) groups is 1. The molecule has 1 aromatic carbocycles. The predicted octanol–water partition coefficient (Wildman–Crippen LogP) is 3.88. The van der Waals surface area contributed by atoms with E-state index in [1.54, 1.807) is 30.9 Å². The molecule has 1 saturated heterocycles. The average molecular weight is 561 g/mol. The number of hydrogen-bond donors (Lipinski definition) is 3. The Morgan fingerprint density at radius 3 is 2.24 bits per heavy atom. The molecule has 5 rings (SSSR count). The first-order chi connectivity index (χ1) is 19.7. The van der Waals surface area contributed by atoms with Gasteiger partial charge < -0.3 is 25.8 Å². The number of fused-ring (bicyclic) bond motifs is 2. The Morgan fingerprint density at radius 2 is 1.61 bits per heavy atom. The summed E-state index contributed by atoms with van der Waals surface area (Å²) in [6, 6.07) is 14.8. The van der Waals surface area contributed by atoms with Gasteiger partial charge in [-0.15, -0.1) is 5.11 Å². The Bertz CT molecular complexity index is 1490. The highest BCUT2D eigenvalue weighted by Gasteiger charge is 2.44. The van der Waals surface area contributed by atoms with Crippen LogP contribution in [0.5, 0.6) is 11.8 Å². The molecular formula is C29H36N8O4. The normalized spacial score (nSPS) is 16.4. The number of nitrogens with one attached hydrogen (secondary N) is 1. The van der Waals surface area contributed by atoms with E-state index in [-0.39, 0.29) is 7.33 Å². The minimum Gasteiger partial charge on any atom is -0.420 e. The lowest BCUT2D eigenvalue weighted by atomic mass is 9.70. The predicted molar refractivity (Wildman–Crippen MR) is 155 cm³/mol. The van der Waals surface area contributed by atoms with Gasteiger partial charge in [-0.05, 0) is 38.2 Å². The first-order valence-electron chi connectivity index (χ1n) is 13.2. The Hall–Kier alpha value is -4.55. The molecule has 1 fully saturated rings. The number of morpholine rings is 1. The van der Waals surface area contributed by atoms with Gasteiger partial charge in [0.2, 0.25) is 17.7 Å². The van der Waals surface area contributed by atoms with Crippen LogP contribution in [0.3, 0.4) is 0 Å². The van der Waals surface area contributed by atoms with Crippen molar-refractivity contribution in [3.8, 4) is 23.0 Å². The standard InChI is InChI=1S/C28H29N7O4.CH5N.H2/c1-16-4-9-19-22(28(2,3)26(37)33-27(29)34-30)20-10-11-21(32-24(20)39-23(19)31-16)17-5-7-18(8-6-17)25(36)35-12-14-38-15-13-35;1-2;/h4-11,22,30H,12-15H2,1-3H3,(H2,29,33,37);2H2,1H3;1H. The van der Waals surface area contributed by atoms with E-state index in [0.29, 0.717) is 54.9 Å². The summed E-state index contributed by atoms with van der Waals surface area (Å²) in [7, 11) is 1.50. The molecule has 1 atom stereocenters. The number of ether oxygens (including phenoxy) is 2. The number of amides is 2. The zero-order chi connectivity index (χ0) is 29.7. The van der Waals surface area contributed by atoms with E-state index in [1.807, 2.05) is 43.3 Å². The van der Waals surface area contributed by atoms with Crippen LogP contribution in [0, 0.1) is 17.9 Å². The van der Waals surface area contributed by atoms with Gasteiger partial charge in [0.15, 0.2) is 0 Å². The van der Waals surface area contributed by atoms with Crippen LogP contribution in [0.25, 0.3) is 11.3 Å². The van der Waals surface area contributed by atoms with Gasteiger partial charge in [-0.2, -0.15) is 4.99 Å². The van der Waals surface area contributed by atoms with Crippen LogP contribution in [-0.4, -0.2) is 66.0 Å². The number of benzene rings is 1. The van der Waals surface area contributed by atoms with Crippen LogP contribution in [0.4, 0.5) is 0 Å². The molecule has 0 bridgehead atoms. The second kappa shape index (κ2) is 12.3. The van der Waals surface area contributed by atoms with Crippen molar-refractivity contribution in [3.05, 3.63) is 70.9 Å². The van der Waals surface area contributed by atoms with Gasteiger partial charge >= 0.3 is 0 Å². The molecule has 41 heavy (non-hydrogen) atoms. The average Bonchev–Trinajstić information content (AvgIpc) is 3.00. The molecule has 2 aliphatic heterocycles. The zero-order valence-corrected chi connectivity index (χ0v) is 23.5. The monoisotopic (exact) mass is 560 g/mol. The summed E-state index contributed by atoms with van der Waals surface area (Å²) in [6.45, 7) is 7.63. The summed E-state index contributed by atoms with van der Waals surface area (Å²) >= 11 is 0. The summed E-state index contributed by atoms with van der Waals surface area (Å²) in [5.41, 5.74) is 20.3. The maximum Gasteiger partial charge on any atom is 0.255 e. The molecular weight excluding hydrogens is 524 g/mol. The molecule has 12 nitrogen and oxygen atoms in total. The number of nitrogens with zero attached hydrogens (tertiary/aromatic N) is 5. The fourth-order valence-corrected chi connectivity index (χ4v) is 4.92. The molecule has 0 saturated carbocycles.